The van der Waals surface area contributed by atoms with Gasteiger partial charge in [0.05, 0.1) is 5.75 Å². The van der Waals surface area contributed by atoms with Crippen LogP contribution in [0, 0.1) is 18.3 Å². The van der Waals surface area contributed by atoms with Crippen molar-refractivity contribution in [2.75, 3.05) is 18.1 Å². The van der Waals surface area contributed by atoms with E-state index in [2.05, 4.69) is 18.2 Å². The molecule has 0 aliphatic heterocycles. The van der Waals surface area contributed by atoms with Gasteiger partial charge < -0.3 is 5.32 Å². The zero-order chi connectivity index (χ0) is 10.2. The quantitative estimate of drug-likeness (QED) is 0.554. The monoisotopic (exact) mass is 211 g/mol. The first kappa shape index (κ1) is 11.9. The summed E-state index contributed by atoms with van der Waals surface area (Å²) in [7, 11) is 0. The highest BCUT2D eigenvalue weighted by atomic mass is 32.2. The van der Waals surface area contributed by atoms with E-state index in [1.54, 1.807) is 0 Å². The van der Waals surface area contributed by atoms with Crippen molar-refractivity contribution >= 4 is 11.8 Å². The minimum absolute atomic E-state index is 0.759. The molecule has 0 aromatic carbocycles. The van der Waals surface area contributed by atoms with Crippen LogP contribution in [0.2, 0.25) is 0 Å². The van der Waals surface area contributed by atoms with Crippen LogP contribution in [0.1, 0.15) is 32.6 Å². The maximum Gasteiger partial charge on any atom is 0.0545 e. The van der Waals surface area contributed by atoms with Crippen molar-refractivity contribution in [1.82, 2.24) is 5.32 Å². The SMILES string of the molecule is C#CCSCCNC1CCCCC1C. The Balaban J connectivity index is 2.02. The van der Waals surface area contributed by atoms with E-state index in [9.17, 15) is 0 Å². The van der Waals surface area contributed by atoms with E-state index < -0.39 is 0 Å². The molecular weight excluding hydrogens is 190 g/mol. The molecule has 1 aliphatic rings. The van der Waals surface area contributed by atoms with Crippen molar-refractivity contribution in [3.05, 3.63) is 0 Å². The molecule has 1 rings (SSSR count). The van der Waals surface area contributed by atoms with Crippen molar-refractivity contribution in [1.29, 1.82) is 0 Å². The van der Waals surface area contributed by atoms with E-state index in [4.69, 9.17) is 6.42 Å². The van der Waals surface area contributed by atoms with Crippen LogP contribution in [0.5, 0.6) is 0 Å². The Kier molecular flexibility index (Phi) is 6.14. The van der Waals surface area contributed by atoms with Crippen molar-refractivity contribution in [2.24, 2.45) is 5.92 Å². The van der Waals surface area contributed by atoms with Crippen molar-refractivity contribution in [3.63, 3.8) is 0 Å². The van der Waals surface area contributed by atoms with Crippen LogP contribution >= 0.6 is 11.8 Å². The molecule has 0 aromatic rings. The lowest BCUT2D eigenvalue weighted by Crippen LogP contribution is -2.38. The van der Waals surface area contributed by atoms with Gasteiger partial charge in [0.2, 0.25) is 0 Å². The average molecular weight is 211 g/mol. The van der Waals surface area contributed by atoms with Gasteiger partial charge in [-0.15, -0.1) is 18.2 Å². The molecule has 1 aliphatic carbocycles. The van der Waals surface area contributed by atoms with Crippen LogP contribution in [0.4, 0.5) is 0 Å². The minimum Gasteiger partial charge on any atom is -0.313 e. The lowest BCUT2D eigenvalue weighted by molar-refractivity contribution is 0.285. The molecule has 0 spiro atoms. The molecular formula is C12H21NS. The molecule has 2 atom stereocenters. The average Bonchev–Trinajstić information content (AvgIpc) is 2.20. The molecule has 1 fully saturated rings. The topological polar surface area (TPSA) is 12.0 Å². The fourth-order valence-corrected chi connectivity index (χ4v) is 2.59. The Hall–Kier alpha value is -0.130. The highest BCUT2D eigenvalue weighted by molar-refractivity contribution is 7.99. The smallest absolute Gasteiger partial charge is 0.0545 e. The number of terminal acetylenes is 1. The summed E-state index contributed by atoms with van der Waals surface area (Å²) in [6.45, 7) is 3.48. The van der Waals surface area contributed by atoms with Gasteiger partial charge in [0, 0.05) is 18.3 Å². The van der Waals surface area contributed by atoms with Crippen LogP contribution in [0.25, 0.3) is 0 Å². The first-order chi connectivity index (χ1) is 6.84. The second kappa shape index (κ2) is 7.20. The highest BCUT2D eigenvalue weighted by Crippen LogP contribution is 2.23. The van der Waals surface area contributed by atoms with Gasteiger partial charge in [-0.2, -0.15) is 0 Å². The van der Waals surface area contributed by atoms with Crippen molar-refractivity contribution < 1.29 is 0 Å². The summed E-state index contributed by atoms with van der Waals surface area (Å²) < 4.78 is 0. The molecule has 0 amide bonds. The van der Waals surface area contributed by atoms with Crippen LogP contribution in [-0.4, -0.2) is 24.1 Å². The van der Waals surface area contributed by atoms with Gasteiger partial charge in [0.1, 0.15) is 0 Å². The summed E-state index contributed by atoms with van der Waals surface area (Å²) in [6, 6.07) is 0.759. The molecule has 0 radical (unpaired) electrons. The minimum atomic E-state index is 0.759. The molecule has 0 heterocycles. The lowest BCUT2D eigenvalue weighted by Gasteiger charge is -2.29. The van der Waals surface area contributed by atoms with Crippen molar-refractivity contribution in [3.8, 4) is 12.3 Å². The zero-order valence-corrected chi connectivity index (χ0v) is 9.91. The second-order valence-electron chi connectivity index (χ2n) is 4.08. The standard InChI is InChI=1S/C12H21NS/c1-3-9-14-10-8-13-12-7-5-4-6-11(12)2/h1,11-13H,4-10H2,2H3. The molecule has 1 nitrogen and oxygen atoms in total. The number of thioether (sulfide) groups is 1. The predicted molar refractivity (Wildman–Crippen MR) is 65.6 cm³/mol. The lowest BCUT2D eigenvalue weighted by atomic mass is 9.86. The number of rotatable bonds is 5. The predicted octanol–water partition coefficient (Wildman–Crippen LogP) is 2.52. The first-order valence-electron chi connectivity index (χ1n) is 5.59. The maximum atomic E-state index is 5.18. The molecule has 14 heavy (non-hydrogen) atoms. The Labute approximate surface area is 92.4 Å². The normalized spacial score (nSPS) is 27.1. The van der Waals surface area contributed by atoms with Crippen LogP contribution < -0.4 is 5.32 Å². The third-order valence-corrected chi connectivity index (χ3v) is 3.81. The molecule has 0 saturated heterocycles. The van der Waals surface area contributed by atoms with Gasteiger partial charge in [-0.05, 0) is 18.8 Å². The van der Waals surface area contributed by atoms with Gasteiger partial charge in [0.25, 0.3) is 0 Å². The molecule has 0 aromatic heterocycles. The van der Waals surface area contributed by atoms with E-state index in [0.717, 1.165) is 30.0 Å². The van der Waals surface area contributed by atoms with Crippen LogP contribution in [-0.2, 0) is 0 Å². The van der Waals surface area contributed by atoms with Crippen LogP contribution in [0.15, 0.2) is 0 Å². The molecule has 2 unspecified atom stereocenters. The van der Waals surface area contributed by atoms with Gasteiger partial charge in [0.15, 0.2) is 0 Å². The van der Waals surface area contributed by atoms with Crippen LogP contribution in [0.3, 0.4) is 0 Å². The van der Waals surface area contributed by atoms with Gasteiger partial charge in [-0.25, -0.2) is 0 Å². The fraction of sp³-hybridized carbons (Fsp3) is 0.833. The largest absolute Gasteiger partial charge is 0.313 e. The Morgan fingerprint density at radius 2 is 2.21 bits per heavy atom. The summed E-state index contributed by atoms with van der Waals surface area (Å²) in [5.41, 5.74) is 0. The number of nitrogens with one attached hydrogen (secondary N) is 1. The van der Waals surface area contributed by atoms with Gasteiger partial charge in [-0.1, -0.05) is 25.7 Å². The Morgan fingerprint density at radius 3 is 2.93 bits per heavy atom. The third kappa shape index (κ3) is 4.39. The summed E-state index contributed by atoms with van der Waals surface area (Å²) >= 11 is 1.84. The fourth-order valence-electron chi connectivity index (χ4n) is 2.07. The third-order valence-electron chi connectivity index (χ3n) is 2.95. The summed E-state index contributed by atoms with van der Waals surface area (Å²) in [6.07, 6.45) is 10.8. The number of hydrogen-bond donors (Lipinski definition) is 1. The molecule has 1 N–H and O–H groups in total. The Morgan fingerprint density at radius 1 is 1.43 bits per heavy atom. The van der Waals surface area contributed by atoms with Gasteiger partial charge >= 0.3 is 0 Å². The van der Waals surface area contributed by atoms with Gasteiger partial charge in [-0.3, -0.25) is 0 Å². The number of hydrogen-bond acceptors (Lipinski definition) is 2. The Bertz CT molecular complexity index is 185. The van der Waals surface area contributed by atoms with E-state index in [1.165, 1.54) is 25.7 Å². The molecule has 80 valence electrons. The van der Waals surface area contributed by atoms with E-state index in [0.29, 0.717) is 0 Å². The van der Waals surface area contributed by atoms with E-state index >= 15 is 0 Å². The summed E-state index contributed by atoms with van der Waals surface area (Å²) in [4.78, 5) is 0. The molecule has 0 bridgehead atoms. The van der Waals surface area contributed by atoms with Crippen molar-refractivity contribution in [2.45, 2.75) is 38.6 Å². The molecule has 1 saturated carbocycles. The van der Waals surface area contributed by atoms with E-state index in [-0.39, 0.29) is 0 Å². The summed E-state index contributed by atoms with van der Waals surface area (Å²) in [5.74, 6) is 5.51. The zero-order valence-electron chi connectivity index (χ0n) is 9.09. The first-order valence-corrected chi connectivity index (χ1v) is 6.74. The van der Waals surface area contributed by atoms with E-state index in [1.807, 2.05) is 11.8 Å². The maximum absolute atomic E-state index is 5.18. The summed E-state index contributed by atoms with van der Waals surface area (Å²) in [5, 5.41) is 3.64. The highest BCUT2D eigenvalue weighted by Gasteiger charge is 2.19. The molecule has 2 heteroatoms. The second-order valence-corrected chi connectivity index (χ2v) is 5.18.